The van der Waals surface area contributed by atoms with Gasteiger partial charge in [0.15, 0.2) is 0 Å². The van der Waals surface area contributed by atoms with Crippen LogP contribution in [0, 0.1) is 6.92 Å². The quantitative estimate of drug-likeness (QED) is 0.840. The lowest BCUT2D eigenvalue weighted by molar-refractivity contribution is 0.0228. The van der Waals surface area contributed by atoms with Gasteiger partial charge in [0.25, 0.3) is 5.91 Å². The Kier molecular flexibility index (Phi) is 4.12. The van der Waals surface area contributed by atoms with Crippen molar-refractivity contribution in [1.82, 2.24) is 5.32 Å². The summed E-state index contributed by atoms with van der Waals surface area (Å²) in [4.78, 5) is 11.8. The highest BCUT2D eigenvalue weighted by Crippen LogP contribution is 2.18. The Bertz CT molecular complexity index is 413. The molecule has 4 nitrogen and oxygen atoms in total. The molecule has 1 rings (SSSR count). The summed E-state index contributed by atoms with van der Waals surface area (Å²) in [7, 11) is 1.59. The van der Waals surface area contributed by atoms with Crippen molar-refractivity contribution < 1.29 is 14.6 Å². The molecule has 0 atom stereocenters. The Balaban J connectivity index is 2.71. The van der Waals surface area contributed by atoms with E-state index in [9.17, 15) is 9.90 Å². The molecule has 1 aromatic carbocycles. The van der Waals surface area contributed by atoms with Crippen LogP contribution in [0.25, 0.3) is 0 Å². The molecule has 17 heavy (non-hydrogen) atoms. The minimum atomic E-state index is -0.421. The van der Waals surface area contributed by atoms with Crippen LogP contribution >= 0.6 is 0 Å². The van der Waals surface area contributed by atoms with Gasteiger partial charge in [0.05, 0.1) is 11.2 Å². The van der Waals surface area contributed by atoms with Crippen molar-refractivity contribution in [3.63, 3.8) is 0 Å². The van der Waals surface area contributed by atoms with Gasteiger partial charge in [-0.25, -0.2) is 0 Å². The lowest BCUT2D eigenvalue weighted by Crippen LogP contribution is -2.39. The Labute approximate surface area is 102 Å². The third-order valence-corrected chi connectivity index (χ3v) is 2.63. The summed E-state index contributed by atoms with van der Waals surface area (Å²) in [5, 5.41) is 12.4. The van der Waals surface area contributed by atoms with Gasteiger partial charge in [-0.1, -0.05) is 6.07 Å². The zero-order valence-corrected chi connectivity index (χ0v) is 10.7. The van der Waals surface area contributed by atoms with Gasteiger partial charge in [0, 0.05) is 13.7 Å². The van der Waals surface area contributed by atoms with Crippen molar-refractivity contribution in [2.24, 2.45) is 0 Å². The van der Waals surface area contributed by atoms with Crippen molar-refractivity contribution in [3.05, 3.63) is 29.3 Å². The maximum atomic E-state index is 11.8. The lowest BCUT2D eigenvalue weighted by atomic mass is 10.1. The van der Waals surface area contributed by atoms with Crippen LogP contribution in [0.5, 0.6) is 5.75 Å². The molecular formula is C13H19NO3. The largest absolute Gasteiger partial charge is 0.507 e. The molecule has 0 unspecified atom stereocenters. The Morgan fingerprint density at radius 3 is 2.65 bits per heavy atom. The topological polar surface area (TPSA) is 58.6 Å². The number of aromatic hydroxyl groups is 1. The number of carbonyl (C=O) groups excluding carboxylic acids is 1. The molecule has 0 saturated heterocycles. The monoisotopic (exact) mass is 237 g/mol. The van der Waals surface area contributed by atoms with E-state index in [-0.39, 0.29) is 17.2 Å². The van der Waals surface area contributed by atoms with Gasteiger partial charge >= 0.3 is 0 Å². The maximum Gasteiger partial charge on any atom is 0.255 e. The van der Waals surface area contributed by atoms with Crippen molar-refractivity contribution >= 4 is 5.91 Å². The smallest absolute Gasteiger partial charge is 0.255 e. The Hall–Kier alpha value is -1.55. The summed E-state index contributed by atoms with van der Waals surface area (Å²) in [6.45, 7) is 6.00. The molecule has 0 saturated carbocycles. The van der Waals surface area contributed by atoms with E-state index < -0.39 is 5.60 Å². The van der Waals surface area contributed by atoms with E-state index in [1.165, 1.54) is 0 Å². The van der Waals surface area contributed by atoms with E-state index >= 15 is 0 Å². The van der Waals surface area contributed by atoms with Crippen molar-refractivity contribution in [1.29, 1.82) is 0 Å². The second-order valence-corrected chi connectivity index (χ2v) is 4.67. The number of nitrogens with one attached hydrogen (secondary N) is 1. The number of benzene rings is 1. The van der Waals surface area contributed by atoms with Gasteiger partial charge in [-0.2, -0.15) is 0 Å². The fourth-order valence-electron chi connectivity index (χ4n) is 1.29. The van der Waals surface area contributed by atoms with E-state index in [1.807, 2.05) is 20.8 Å². The Morgan fingerprint density at radius 1 is 1.47 bits per heavy atom. The highest BCUT2D eigenvalue weighted by atomic mass is 16.5. The second kappa shape index (κ2) is 5.19. The van der Waals surface area contributed by atoms with Gasteiger partial charge in [-0.15, -0.1) is 0 Å². The van der Waals surface area contributed by atoms with Crippen LogP contribution in [0.2, 0.25) is 0 Å². The van der Waals surface area contributed by atoms with Crippen LogP contribution < -0.4 is 5.32 Å². The lowest BCUT2D eigenvalue weighted by Gasteiger charge is -2.23. The van der Waals surface area contributed by atoms with Crippen molar-refractivity contribution in [3.8, 4) is 5.75 Å². The average Bonchev–Trinajstić information content (AvgIpc) is 2.26. The van der Waals surface area contributed by atoms with Crippen LogP contribution in [0.3, 0.4) is 0 Å². The molecular weight excluding hydrogens is 218 g/mol. The molecule has 94 valence electrons. The molecule has 1 aromatic rings. The number of hydrogen-bond acceptors (Lipinski definition) is 3. The van der Waals surface area contributed by atoms with Gasteiger partial charge in [0.1, 0.15) is 5.75 Å². The minimum Gasteiger partial charge on any atom is -0.507 e. The first-order valence-electron chi connectivity index (χ1n) is 5.49. The second-order valence-electron chi connectivity index (χ2n) is 4.67. The molecule has 1 amide bonds. The number of aryl methyl sites for hydroxylation is 1. The summed E-state index contributed by atoms with van der Waals surface area (Å²) in [5.74, 6) is -0.301. The molecule has 0 aliphatic heterocycles. The molecule has 4 heteroatoms. The third-order valence-electron chi connectivity index (χ3n) is 2.63. The molecule has 0 aliphatic carbocycles. The normalized spacial score (nSPS) is 11.3. The Morgan fingerprint density at radius 2 is 2.12 bits per heavy atom. The summed E-state index contributed by atoms with van der Waals surface area (Å²) >= 11 is 0. The number of amides is 1. The van der Waals surface area contributed by atoms with Crippen LogP contribution in [0.4, 0.5) is 0 Å². The number of carbonyl (C=O) groups is 1. The summed E-state index contributed by atoms with van der Waals surface area (Å²) in [6.07, 6.45) is 0. The predicted molar refractivity (Wildman–Crippen MR) is 66.3 cm³/mol. The zero-order valence-electron chi connectivity index (χ0n) is 10.7. The van der Waals surface area contributed by atoms with Crippen LogP contribution in [0.15, 0.2) is 18.2 Å². The molecule has 0 radical (unpaired) electrons. The first-order chi connectivity index (χ1) is 7.85. The van der Waals surface area contributed by atoms with Gasteiger partial charge in [-0.3, -0.25) is 4.79 Å². The van der Waals surface area contributed by atoms with Gasteiger partial charge in [-0.05, 0) is 38.5 Å². The fourth-order valence-corrected chi connectivity index (χ4v) is 1.29. The molecule has 0 aliphatic rings. The molecule has 0 bridgehead atoms. The van der Waals surface area contributed by atoms with Crippen LogP contribution in [-0.4, -0.2) is 30.3 Å². The molecule has 2 N–H and O–H groups in total. The molecule has 0 fully saturated rings. The number of rotatable bonds is 4. The van der Waals surface area contributed by atoms with E-state index in [1.54, 1.807) is 25.3 Å². The average molecular weight is 237 g/mol. The maximum absolute atomic E-state index is 11.8. The van der Waals surface area contributed by atoms with E-state index in [2.05, 4.69) is 5.32 Å². The summed E-state index contributed by atoms with van der Waals surface area (Å²) in [5.41, 5.74) is 0.773. The summed E-state index contributed by atoms with van der Waals surface area (Å²) in [6, 6.07) is 4.96. The van der Waals surface area contributed by atoms with Crippen LogP contribution in [0.1, 0.15) is 29.8 Å². The highest BCUT2D eigenvalue weighted by molar-refractivity contribution is 5.96. The van der Waals surface area contributed by atoms with Gasteiger partial charge < -0.3 is 15.2 Å². The fraction of sp³-hybridized carbons (Fsp3) is 0.462. The molecule has 0 aromatic heterocycles. The van der Waals surface area contributed by atoms with E-state index in [4.69, 9.17) is 4.74 Å². The zero-order chi connectivity index (χ0) is 13.1. The first-order valence-corrected chi connectivity index (χ1v) is 5.49. The van der Waals surface area contributed by atoms with E-state index in [0.29, 0.717) is 6.54 Å². The minimum absolute atomic E-state index is 0.00211. The third kappa shape index (κ3) is 3.75. The summed E-state index contributed by atoms with van der Waals surface area (Å²) < 4.78 is 5.20. The first kappa shape index (κ1) is 13.5. The number of phenols is 1. The SMILES string of the molecule is COC(C)(C)CNC(=O)c1ccc(C)cc1O. The number of methoxy groups -OCH3 is 1. The van der Waals surface area contributed by atoms with Crippen molar-refractivity contribution in [2.75, 3.05) is 13.7 Å². The highest BCUT2D eigenvalue weighted by Gasteiger charge is 2.19. The van der Waals surface area contributed by atoms with E-state index in [0.717, 1.165) is 5.56 Å². The standard InChI is InChI=1S/C13H19NO3/c1-9-5-6-10(11(15)7-9)12(16)14-8-13(2,3)17-4/h5-7,15H,8H2,1-4H3,(H,14,16). The molecule has 0 heterocycles. The van der Waals surface area contributed by atoms with Crippen LogP contribution in [-0.2, 0) is 4.74 Å². The number of phenolic OH excluding ortho intramolecular Hbond substituents is 1. The number of ether oxygens (including phenoxy) is 1. The predicted octanol–water partition coefficient (Wildman–Crippen LogP) is 1.86. The molecule has 0 spiro atoms. The van der Waals surface area contributed by atoms with Gasteiger partial charge in [0.2, 0.25) is 0 Å². The number of hydrogen-bond donors (Lipinski definition) is 2. The van der Waals surface area contributed by atoms with Crippen molar-refractivity contribution in [2.45, 2.75) is 26.4 Å².